The third kappa shape index (κ3) is 4.05. The second kappa shape index (κ2) is 6.62. The summed E-state index contributed by atoms with van der Waals surface area (Å²) in [7, 11) is 0. The van der Waals surface area contributed by atoms with Crippen LogP contribution >= 0.6 is 11.6 Å². The summed E-state index contributed by atoms with van der Waals surface area (Å²) in [5.41, 5.74) is 1.69. The van der Waals surface area contributed by atoms with Crippen LogP contribution in [0.2, 0.25) is 5.02 Å². The first kappa shape index (κ1) is 12.3. The van der Waals surface area contributed by atoms with Gasteiger partial charge in [-0.3, -0.25) is 0 Å². The van der Waals surface area contributed by atoms with Crippen LogP contribution in [0.25, 0.3) is 5.57 Å². The van der Waals surface area contributed by atoms with E-state index in [1.54, 1.807) is 12.1 Å². The van der Waals surface area contributed by atoms with Gasteiger partial charge in [0.2, 0.25) is 0 Å². The summed E-state index contributed by atoms with van der Waals surface area (Å²) in [5, 5.41) is 0.686. The molecule has 2 heteroatoms. The fourth-order valence-electron chi connectivity index (χ4n) is 1.49. The van der Waals surface area contributed by atoms with Crippen LogP contribution in [0.3, 0.4) is 0 Å². The van der Waals surface area contributed by atoms with Crippen molar-refractivity contribution in [3.05, 3.63) is 41.2 Å². The summed E-state index contributed by atoms with van der Waals surface area (Å²) in [4.78, 5) is 0. The van der Waals surface area contributed by atoms with E-state index in [9.17, 15) is 4.39 Å². The van der Waals surface area contributed by atoms with Gasteiger partial charge in [0.25, 0.3) is 0 Å². The zero-order valence-corrected chi connectivity index (χ0v) is 9.73. The maximum Gasteiger partial charge on any atom is 0.0904 e. The third-order valence-electron chi connectivity index (χ3n) is 2.40. The number of hydrogen-bond donors (Lipinski definition) is 0. The first-order chi connectivity index (χ1) is 7.27. The van der Waals surface area contributed by atoms with Crippen LogP contribution in [-0.2, 0) is 0 Å². The highest BCUT2D eigenvalue weighted by molar-refractivity contribution is 6.30. The van der Waals surface area contributed by atoms with Crippen molar-refractivity contribution in [3.63, 3.8) is 0 Å². The molecular weight excluding hydrogens is 211 g/mol. The van der Waals surface area contributed by atoms with Gasteiger partial charge in [-0.15, -0.1) is 0 Å². The quantitative estimate of drug-likeness (QED) is 0.603. The molecule has 0 spiro atoms. The Morgan fingerprint density at radius 3 is 2.47 bits per heavy atom. The van der Waals surface area contributed by atoms with Crippen LogP contribution in [0.4, 0.5) is 4.39 Å². The molecule has 0 N–H and O–H groups in total. The van der Waals surface area contributed by atoms with E-state index in [0.29, 0.717) is 11.4 Å². The summed E-state index contributed by atoms with van der Waals surface area (Å²) in [6.45, 7) is 2.14. The molecule has 0 saturated carbocycles. The number of halogens is 2. The van der Waals surface area contributed by atoms with Crippen LogP contribution in [0.5, 0.6) is 0 Å². The van der Waals surface area contributed by atoms with Gasteiger partial charge >= 0.3 is 0 Å². The van der Waals surface area contributed by atoms with Crippen LogP contribution in [0.15, 0.2) is 30.6 Å². The first-order valence-electron chi connectivity index (χ1n) is 5.33. The largest absolute Gasteiger partial charge is 0.215 e. The van der Waals surface area contributed by atoms with Crippen molar-refractivity contribution in [3.8, 4) is 0 Å². The predicted molar refractivity (Wildman–Crippen MR) is 64.7 cm³/mol. The van der Waals surface area contributed by atoms with Gasteiger partial charge in [0.05, 0.1) is 6.33 Å². The maximum absolute atomic E-state index is 12.7. The number of rotatable bonds is 5. The highest BCUT2D eigenvalue weighted by Crippen LogP contribution is 2.22. The van der Waals surface area contributed by atoms with E-state index < -0.39 is 0 Å². The molecule has 0 unspecified atom stereocenters. The Hall–Kier alpha value is -0.820. The molecule has 1 rings (SSSR count). The molecule has 1 aromatic carbocycles. The van der Waals surface area contributed by atoms with Crippen molar-refractivity contribution in [1.29, 1.82) is 0 Å². The van der Waals surface area contributed by atoms with Crippen molar-refractivity contribution < 1.29 is 4.39 Å². The van der Waals surface area contributed by atoms with Gasteiger partial charge in [-0.05, 0) is 36.1 Å². The highest BCUT2D eigenvalue weighted by atomic mass is 35.5. The van der Waals surface area contributed by atoms with E-state index in [2.05, 4.69) is 6.92 Å². The minimum atomic E-state index is 0.686. The molecule has 0 nitrogen and oxygen atoms in total. The minimum Gasteiger partial charge on any atom is -0.215 e. The maximum atomic E-state index is 12.7. The van der Waals surface area contributed by atoms with Crippen LogP contribution in [0, 0.1) is 0 Å². The van der Waals surface area contributed by atoms with Crippen molar-refractivity contribution >= 4 is 17.2 Å². The molecule has 0 atom stereocenters. The highest BCUT2D eigenvalue weighted by Gasteiger charge is 2.01. The van der Waals surface area contributed by atoms with Crippen LogP contribution in [0.1, 0.15) is 38.2 Å². The Labute approximate surface area is 95.8 Å². The smallest absolute Gasteiger partial charge is 0.0904 e. The Kier molecular flexibility index (Phi) is 5.41. The van der Waals surface area contributed by atoms with Crippen molar-refractivity contribution in [1.82, 2.24) is 0 Å². The molecule has 0 heterocycles. The Bertz CT molecular complexity index is 314. The van der Waals surface area contributed by atoms with E-state index in [1.807, 2.05) is 12.1 Å². The van der Waals surface area contributed by atoms with Gasteiger partial charge in [0.15, 0.2) is 0 Å². The van der Waals surface area contributed by atoms with Gasteiger partial charge < -0.3 is 0 Å². The first-order valence-corrected chi connectivity index (χ1v) is 5.71. The lowest BCUT2D eigenvalue weighted by molar-refractivity contribution is 0.700. The number of unbranched alkanes of at least 4 members (excludes halogenated alkanes) is 2. The summed E-state index contributed by atoms with van der Waals surface area (Å²) in [5.74, 6) is 0. The Morgan fingerprint density at radius 2 is 1.93 bits per heavy atom. The molecule has 0 saturated heterocycles. The summed E-state index contributed by atoms with van der Waals surface area (Å²) in [6.07, 6.45) is 4.84. The number of allylic oxidation sites excluding steroid dienone is 1. The summed E-state index contributed by atoms with van der Waals surface area (Å²) in [6, 6.07) is 7.31. The molecule has 0 amide bonds. The molecule has 0 bridgehead atoms. The van der Waals surface area contributed by atoms with E-state index in [-0.39, 0.29) is 0 Å². The lowest BCUT2D eigenvalue weighted by atomic mass is 10.0. The fraction of sp³-hybridized carbons (Fsp3) is 0.385. The molecular formula is C13H16ClF. The molecule has 0 aromatic heterocycles. The van der Waals surface area contributed by atoms with Gasteiger partial charge in [-0.1, -0.05) is 43.5 Å². The average Bonchev–Trinajstić information content (AvgIpc) is 2.26. The SMILES string of the molecule is CCCCCC(=CF)c1ccc(Cl)cc1. The molecule has 0 aliphatic carbocycles. The second-order valence-corrected chi connectivity index (χ2v) is 4.03. The lowest BCUT2D eigenvalue weighted by Crippen LogP contribution is -1.84. The van der Waals surface area contributed by atoms with Gasteiger partial charge in [-0.2, -0.15) is 0 Å². The van der Waals surface area contributed by atoms with E-state index in [1.165, 1.54) is 0 Å². The van der Waals surface area contributed by atoms with Crippen molar-refractivity contribution in [2.24, 2.45) is 0 Å². The molecule has 0 aliphatic heterocycles. The summed E-state index contributed by atoms with van der Waals surface area (Å²) < 4.78 is 12.7. The predicted octanol–water partition coefficient (Wildman–Crippen LogP) is 5.23. The summed E-state index contributed by atoms with van der Waals surface area (Å²) >= 11 is 5.77. The minimum absolute atomic E-state index is 0.686. The topological polar surface area (TPSA) is 0 Å². The van der Waals surface area contributed by atoms with Crippen molar-refractivity contribution in [2.75, 3.05) is 0 Å². The van der Waals surface area contributed by atoms with E-state index >= 15 is 0 Å². The number of benzene rings is 1. The molecule has 1 aromatic rings. The number of hydrogen-bond acceptors (Lipinski definition) is 0. The van der Waals surface area contributed by atoms with Crippen molar-refractivity contribution in [2.45, 2.75) is 32.6 Å². The zero-order valence-electron chi connectivity index (χ0n) is 8.97. The normalized spacial score (nSPS) is 11.8. The Balaban J connectivity index is 2.63. The third-order valence-corrected chi connectivity index (χ3v) is 2.65. The van der Waals surface area contributed by atoms with Gasteiger partial charge in [0, 0.05) is 5.02 Å². The van der Waals surface area contributed by atoms with Crippen LogP contribution < -0.4 is 0 Å². The van der Waals surface area contributed by atoms with E-state index in [0.717, 1.165) is 36.8 Å². The monoisotopic (exact) mass is 226 g/mol. The molecule has 0 fully saturated rings. The molecule has 15 heavy (non-hydrogen) atoms. The molecule has 82 valence electrons. The standard InChI is InChI=1S/C13H16ClF/c1-2-3-4-5-12(10-15)11-6-8-13(14)9-7-11/h6-10H,2-5H2,1H3. The second-order valence-electron chi connectivity index (χ2n) is 3.60. The molecule has 0 aliphatic rings. The average molecular weight is 227 g/mol. The van der Waals surface area contributed by atoms with Gasteiger partial charge in [0.1, 0.15) is 0 Å². The molecule has 0 radical (unpaired) electrons. The lowest BCUT2D eigenvalue weighted by Gasteiger charge is -2.05. The zero-order chi connectivity index (χ0) is 11.1. The van der Waals surface area contributed by atoms with E-state index in [4.69, 9.17) is 11.6 Å². The van der Waals surface area contributed by atoms with Crippen LogP contribution in [-0.4, -0.2) is 0 Å². The fourth-order valence-corrected chi connectivity index (χ4v) is 1.62. The van der Waals surface area contributed by atoms with Gasteiger partial charge in [-0.25, -0.2) is 4.39 Å². The Morgan fingerprint density at radius 1 is 1.27 bits per heavy atom.